The van der Waals surface area contributed by atoms with Crippen molar-refractivity contribution in [2.24, 2.45) is 5.92 Å². The Morgan fingerprint density at radius 2 is 2.23 bits per heavy atom. The van der Waals surface area contributed by atoms with Crippen LogP contribution in [0.15, 0.2) is 18.7 Å². The van der Waals surface area contributed by atoms with E-state index in [2.05, 4.69) is 48.6 Å². The monoisotopic (exact) mass is 356 g/mol. The molecule has 0 radical (unpaired) electrons. The van der Waals surface area contributed by atoms with Gasteiger partial charge in [0.15, 0.2) is 5.82 Å². The Balaban J connectivity index is 1.74. The average molecular weight is 356 g/mol. The van der Waals surface area contributed by atoms with E-state index in [9.17, 15) is 0 Å². The maximum atomic E-state index is 5.27. The molecule has 1 aliphatic heterocycles. The number of hydrogen-bond donors (Lipinski definition) is 0. The molecule has 0 amide bonds. The molecule has 3 aromatic heterocycles. The molecule has 1 saturated heterocycles. The van der Waals surface area contributed by atoms with Crippen LogP contribution in [0.5, 0.6) is 0 Å². The molecule has 9 heteroatoms. The van der Waals surface area contributed by atoms with Crippen LogP contribution < -0.4 is 4.90 Å². The van der Waals surface area contributed by atoms with Gasteiger partial charge in [0, 0.05) is 26.3 Å². The molecule has 138 valence electrons. The molecule has 1 aliphatic rings. The highest BCUT2D eigenvalue weighted by atomic mass is 16.5. The molecule has 9 nitrogen and oxygen atoms in total. The summed E-state index contributed by atoms with van der Waals surface area (Å²) in [4.78, 5) is 11.1. The van der Waals surface area contributed by atoms with E-state index in [4.69, 9.17) is 4.74 Å². The molecule has 0 N–H and O–H groups in total. The summed E-state index contributed by atoms with van der Waals surface area (Å²) in [6.45, 7) is 6.70. The van der Waals surface area contributed by atoms with Crippen molar-refractivity contribution in [2.45, 2.75) is 45.9 Å². The van der Waals surface area contributed by atoms with Crippen LogP contribution in [0, 0.1) is 5.92 Å². The first kappa shape index (κ1) is 16.9. The van der Waals surface area contributed by atoms with E-state index in [1.807, 2.05) is 12.4 Å². The fraction of sp³-hybridized carbons (Fsp3) is 0.588. The second-order valence-corrected chi connectivity index (χ2v) is 7.10. The number of hydrogen-bond acceptors (Lipinski definition) is 7. The zero-order valence-corrected chi connectivity index (χ0v) is 15.4. The van der Waals surface area contributed by atoms with Gasteiger partial charge in [-0.25, -0.2) is 4.98 Å². The lowest BCUT2D eigenvalue weighted by molar-refractivity contribution is 0.181. The summed E-state index contributed by atoms with van der Waals surface area (Å²) in [5.74, 6) is 3.11. The molecule has 26 heavy (non-hydrogen) atoms. The lowest BCUT2D eigenvalue weighted by Crippen LogP contribution is -2.28. The van der Waals surface area contributed by atoms with Crippen molar-refractivity contribution in [3.8, 4) is 0 Å². The molecular formula is C17H24N8O. The fourth-order valence-electron chi connectivity index (χ4n) is 3.64. The van der Waals surface area contributed by atoms with Crippen molar-refractivity contribution in [1.82, 2.24) is 34.3 Å². The Labute approximate surface area is 152 Å². The van der Waals surface area contributed by atoms with E-state index in [-0.39, 0.29) is 6.04 Å². The third-order valence-corrected chi connectivity index (χ3v) is 4.63. The summed E-state index contributed by atoms with van der Waals surface area (Å²) in [6, 6.07) is 2.20. The molecule has 4 rings (SSSR count). The van der Waals surface area contributed by atoms with Crippen molar-refractivity contribution in [1.29, 1.82) is 0 Å². The summed E-state index contributed by atoms with van der Waals surface area (Å²) in [5.41, 5.74) is 0.845. The molecule has 0 bridgehead atoms. The van der Waals surface area contributed by atoms with Crippen LogP contribution in [0.1, 0.15) is 44.2 Å². The molecule has 0 saturated carbocycles. The largest absolute Gasteiger partial charge is 0.378 e. The minimum absolute atomic E-state index is 0.168. The Morgan fingerprint density at radius 1 is 1.35 bits per heavy atom. The van der Waals surface area contributed by atoms with Gasteiger partial charge in [0.05, 0.1) is 18.3 Å². The average Bonchev–Trinajstić information content (AvgIpc) is 3.33. The van der Waals surface area contributed by atoms with Crippen molar-refractivity contribution >= 4 is 11.6 Å². The molecule has 1 atom stereocenters. The maximum absolute atomic E-state index is 5.27. The van der Waals surface area contributed by atoms with Crippen LogP contribution in [0.3, 0.4) is 0 Å². The smallest absolute Gasteiger partial charge is 0.254 e. The summed E-state index contributed by atoms with van der Waals surface area (Å²) >= 11 is 0. The highest BCUT2D eigenvalue weighted by Crippen LogP contribution is 2.35. The Hall–Kier alpha value is -2.55. The number of anilines is 1. The molecule has 3 aromatic rings. The van der Waals surface area contributed by atoms with Crippen LogP contribution in [-0.4, -0.2) is 48.0 Å². The van der Waals surface area contributed by atoms with E-state index in [0.717, 1.165) is 43.3 Å². The third kappa shape index (κ3) is 3.03. The molecule has 1 fully saturated rings. The van der Waals surface area contributed by atoms with Gasteiger partial charge in [-0.05, 0) is 18.8 Å². The third-order valence-electron chi connectivity index (χ3n) is 4.63. The first-order valence-electron chi connectivity index (χ1n) is 9.00. The molecule has 0 aliphatic carbocycles. The number of ether oxygens (including phenoxy) is 1. The topological polar surface area (TPSA) is 86.3 Å². The van der Waals surface area contributed by atoms with Gasteiger partial charge in [-0.3, -0.25) is 0 Å². The number of rotatable bonds is 6. The van der Waals surface area contributed by atoms with Crippen LogP contribution in [0.25, 0.3) is 5.78 Å². The summed E-state index contributed by atoms with van der Waals surface area (Å²) in [6.07, 6.45) is 5.50. The van der Waals surface area contributed by atoms with E-state index in [0.29, 0.717) is 18.3 Å². The summed E-state index contributed by atoms with van der Waals surface area (Å²) in [7, 11) is 1.67. The Morgan fingerprint density at radius 3 is 3.04 bits per heavy atom. The van der Waals surface area contributed by atoms with E-state index in [1.54, 1.807) is 11.6 Å². The zero-order chi connectivity index (χ0) is 18.1. The van der Waals surface area contributed by atoms with Gasteiger partial charge in [-0.2, -0.15) is 14.6 Å². The van der Waals surface area contributed by atoms with Crippen molar-refractivity contribution in [2.75, 3.05) is 18.6 Å². The van der Waals surface area contributed by atoms with Gasteiger partial charge in [-0.1, -0.05) is 13.8 Å². The minimum atomic E-state index is 0.168. The predicted molar refractivity (Wildman–Crippen MR) is 95.7 cm³/mol. The Kier molecular flexibility index (Phi) is 4.54. The fourth-order valence-corrected chi connectivity index (χ4v) is 3.64. The molecule has 1 unspecified atom stereocenters. The zero-order valence-electron chi connectivity index (χ0n) is 15.4. The first-order chi connectivity index (χ1) is 12.7. The first-order valence-corrected chi connectivity index (χ1v) is 9.00. The standard InChI is InChI=1S/C17H24N8O/c1-12(2)8-23-11-19-22-16(23)14-5-4-6-24(14)15-7-13(9-26-3)21-17-18-10-20-25(15)17/h7,10-12,14H,4-6,8-9H2,1-3H3. The van der Waals surface area contributed by atoms with Crippen LogP contribution in [0.2, 0.25) is 0 Å². The maximum Gasteiger partial charge on any atom is 0.254 e. The number of fused-ring (bicyclic) bond motifs is 1. The summed E-state index contributed by atoms with van der Waals surface area (Å²) in [5, 5.41) is 13.0. The van der Waals surface area contributed by atoms with Crippen molar-refractivity contribution in [3.05, 3.63) is 30.2 Å². The molecule has 4 heterocycles. The summed E-state index contributed by atoms with van der Waals surface area (Å²) < 4.78 is 9.23. The van der Waals surface area contributed by atoms with Crippen LogP contribution in [0.4, 0.5) is 5.82 Å². The van der Waals surface area contributed by atoms with Gasteiger partial charge in [0.25, 0.3) is 5.78 Å². The Bertz CT molecular complexity index is 886. The van der Waals surface area contributed by atoms with Gasteiger partial charge >= 0.3 is 0 Å². The SMILES string of the molecule is COCc1cc(N2CCCC2c2nncn2CC(C)C)n2ncnc2n1. The molecular weight excluding hydrogens is 332 g/mol. The van der Waals surface area contributed by atoms with E-state index >= 15 is 0 Å². The highest BCUT2D eigenvalue weighted by molar-refractivity contribution is 5.49. The van der Waals surface area contributed by atoms with Gasteiger partial charge in [-0.15, -0.1) is 10.2 Å². The van der Waals surface area contributed by atoms with Gasteiger partial charge < -0.3 is 14.2 Å². The van der Waals surface area contributed by atoms with Crippen molar-refractivity contribution in [3.63, 3.8) is 0 Å². The lowest BCUT2D eigenvalue weighted by atomic mass is 10.2. The predicted octanol–water partition coefficient (Wildman–Crippen LogP) is 1.86. The molecule has 0 spiro atoms. The van der Waals surface area contributed by atoms with Crippen LogP contribution in [-0.2, 0) is 17.9 Å². The lowest BCUT2D eigenvalue weighted by Gasteiger charge is -2.27. The quantitative estimate of drug-likeness (QED) is 0.666. The number of aromatic nitrogens is 7. The van der Waals surface area contributed by atoms with Gasteiger partial charge in [0.2, 0.25) is 0 Å². The molecule has 0 aromatic carbocycles. The van der Waals surface area contributed by atoms with E-state index in [1.165, 1.54) is 6.33 Å². The van der Waals surface area contributed by atoms with E-state index < -0.39 is 0 Å². The number of nitrogens with zero attached hydrogens (tertiary/aromatic N) is 8. The second-order valence-electron chi connectivity index (χ2n) is 7.10. The second kappa shape index (κ2) is 6.99. The highest BCUT2D eigenvalue weighted by Gasteiger charge is 2.32. The number of methoxy groups -OCH3 is 1. The minimum Gasteiger partial charge on any atom is -0.378 e. The van der Waals surface area contributed by atoms with Crippen molar-refractivity contribution < 1.29 is 4.74 Å². The normalized spacial score (nSPS) is 17.7. The van der Waals surface area contributed by atoms with Crippen LogP contribution >= 0.6 is 0 Å². The van der Waals surface area contributed by atoms with Gasteiger partial charge in [0.1, 0.15) is 18.5 Å².